The number of fused-ring (bicyclic) bond motifs is 1. The summed E-state index contributed by atoms with van der Waals surface area (Å²) in [5.41, 5.74) is 10.8. The van der Waals surface area contributed by atoms with Gasteiger partial charge in [0.25, 0.3) is 17.4 Å². The van der Waals surface area contributed by atoms with Crippen LogP contribution in [0.15, 0.2) is 118 Å². The van der Waals surface area contributed by atoms with Gasteiger partial charge in [-0.3, -0.25) is 19.0 Å². The van der Waals surface area contributed by atoms with Gasteiger partial charge in [0, 0.05) is 70.5 Å². The number of rotatable bonds is 11. The summed E-state index contributed by atoms with van der Waals surface area (Å²) in [5.74, 6) is 2.54. The number of anilines is 2. The molecule has 4 aromatic carbocycles. The van der Waals surface area contributed by atoms with Gasteiger partial charge in [0.05, 0.1) is 48.4 Å². The predicted molar refractivity (Wildman–Crippen MR) is 261 cm³/mol. The molecule has 3 aliphatic rings. The molecule has 5 heterocycles. The zero-order valence-electron chi connectivity index (χ0n) is 36.9. The number of hydrogen-bond acceptors (Lipinski definition) is 12. The Kier molecular flexibility index (Phi) is 12.3. The fraction of sp³-hybridized carbons (Fsp3) is 0.280. The molecule has 9 rings (SSSR count). The number of likely N-dealkylation sites (tertiary alicyclic amines) is 2. The summed E-state index contributed by atoms with van der Waals surface area (Å²) in [6, 6.07) is 25.9. The van der Waals surface area contributed by atoms with Crippen LogP contribution in [0, 0.1) is 17.8 Å². The van der Waals surface area contributed by atoms with Crippen molar-refractivity contribution >= 4 is 56.4 Å². The van der Waals surface area contributed by atoms with Gasteiger partial charge in [0.1, 0.15) is 17.5 Å². The van der Waals surface area contributed by atoms with E-state index < -0.39 is 11.2 Å². The lowest BCUT2D eigenvalue weighted by molar-refractivity contribution is -0.133. The van der Waals surface area contributed by atoms with E-state index in [1.54, 1.807) is 32.7 Å². The summed E-state index contributed by atoms with van der Waals surface area (Å²) < 4.78 is 3.94. The molecule has 3 aliphatic heterocycles. The van der Waals surface area contributed by atoms with E-state index in [9.17, 15) is 24.6 Å². The summed E-state index contributed by atoms with van der Waals surface area (Å²) in [6.07, 6.45) is 11.4. The van der Waals surface area contributed by atoms with Gasteiger partial charge in [0.2, 0.25) is 0 Å². The van der Waals surface area contributed by atoms with E-state index in [4.69, 9.17) is 17.6 Å². The molecule has 16 nitrogen and oxygen atoms in total. The first-order valence-corrected chi connectivity index (χ1v) is 22.8. The smallest absolute Gasteiger partial charge is 0.264 e. The summed E-state index contributed by atoms with van der Waals surface area (Å²) in [5, 5.41) is 42.3. The normalized spacial score (nSPS) is 17.3. The molecule has 0 bridgehead atoms. The molecule has 17 heteroatoms. The number of nitrogen functional groups attached to an aromatic ring is 1. The molecule has 0 radical (unpaired) electrons. The Labute approximate surface area is 395 Å². The largest absolute Gasteiger partial charge is 0.398 e. The number of carbonyl (C=O) groups is 2. The van der Waals surface area contributed by atoms with Crippen LogP contribution in [0.25, 0.3) is 39.0 Å². The lowest BCUT2D eigenvalue weighted by atomic mass is 9.90. The topological polar surface area (TPSA) is 211 Å². The maximum absolute atomic E-state index is 13.7. The van der Waals surface area contributed by atoms with Gasteiger partial charge in [-0.2, -0.15) is 5.10 Å². The number of nitrogens with one attached hydrogen (secondary N) is 3. The maximum atomic E-state index is 13.7. The summed E-state index contributed by atoms with van der Waals surface area (Å²) in [6.45, 7) is 2.46. The average Bonchev–Trinajstić information content (AvgIpc) is 3.77. The first-order valence-electron chi connectivity index (χ1n) is 22.0. The molecule has 6 aromatic rings. The number of benzene rings is 4. The second-order valence-corrected chi connectivity index (χ2v) is 18.6. The Morgan fingerprint density at radius 1 is 0.925 bits per heavy atom. The number of aliphatic hydroxyl groups is 2. The number of halogens is 1. The molecule has 7 N–H and O–H groups in total. The van der Waals surface area contributed by atoms with Crippen molar-refractivity contribution in [2.24, 2.45) is 0 Å². The Morgan fingerprint density at radius 3 is 2.30 bits per heavy atom. The predicted octanol–water partition coefficient (Wildman–Crippen LogP) is 5.03. The van der Waals surface area contributed by atoms with Crippen molar-refractivity contribution in [1.29, 1.82) is 5.41 Å². The number of amides is 2. The highest BCUT2D eigenvalue weighted by Crippen LogP contribution is 2.36. The van der Waals surface area contributed by atoms with E-state index in [-0.39, 0.29) is 55.5 Å². The number of hydrogen-bond donors (Lipinski definition) is 6. The van der Waals surface area contributed by atoms with E-state index in [0.717, 1.165) is 51.7 Å². The number of piperidine rings is 2. The van der Waals surface area contributed by atoms with E-state index in [1.165, 1.54) is 17.1 Å². The van der Waals surface area contributed by atoms with Crippen LogP contribution in [0.3, 0.4) is 0 Å². The monoisotopic (exact) mass is 963 g/mol. The fourth-order valence-corrected chi connectivity index (χ4v) is 9.32. The van der Waals surface area contributed by atoms with Crippen LogP contribution in [0.1, 0.15) is 41.6 Å². The lowest BCUT2D eigenvalue weighted by Crippen LogP contribution is -2.55. The highest BCUT2D eigenvalue weighted by molar-refractivity contribution is 9.10. The molecule has 2 fully saturated rings. The molecule has 67 heavy (non-hydrogen) atoms. The Morgan fingerprint density at radius 2 is 1.61 bits per heavy atom. The minimum Gasteiger partial charge on any atom is -0.398 e. The van der Waals surface area contributed by atoms with Crippen molar-refractivity contribution in [2.45, 2.75) is 43.4 Å². The second-order valence-electron chi connectivity index (χ2n) is 17.7. The lowest BCUT2D eigenvalue weighted by Gasteiger charge is -2.41. The van der Waals surface area contributed by atoms with Crippen molar-refractivity contribution in [2.75, 3.05) is 57.5 Å². The van der Waals surface area contributed by atoms with Crippen LogP contribution in [0.5, 0.6) is 0 Å². The van der Waals surface area contributed by atoms with Gasteiger partial charge < -0.3 is 46.7 Å². The standard InChI is InChI=1S/C50H50BrN11O5/c1-3-32-4-15-43(57-44-40(26-52)47(64)60(30-54-44)28-49(66)16-20-58(2)21-17-49)39(24-32)35-9-14-38(42(53)25-35)33-5-7-34(8-6-33)46(63)59-22-18-50(67,19-23-59)29-61-31-55-45-41(48(61)65)27-56-62(45)37-12-10-36(51)11-13-37/h1,4-15,24-27,31,52,54,57,66-67H,16-23,28-30,53H2,2H3. The number of aromatic nitrogens is 4. The first-order chi connectivity index (χ1) is 32.2. The first kappa shape index (κ1) is 45.1. The van der Waals surface area contributed by atoms with E-state index in [2.05, 4.69) is 47.5 Å². The third-order valence-corrected chi connectivity index (χ3v) is 13.6. The van der Waals surface area contributed by atoms with Crippen LogP contribution in [-0.4, -0.2) is 120 Å². The summed E-state index contributed by atoms with van der Waals surface area (Å²) >= 11 is 3.43. The average molecular weight is 965 g/mol. The molecule has 2 aromatic heterocycles. The van der Waals surface area contributed by atoms with Gasteiger partial charge in [-0.25, -0.2) is 9.67 Å². The molecule has 2 amide bonds. The highest BCUT2D eigenvalue weighted by Gasteiger charge is 2.38. The molecule has 0 saturated carbocycles. The van der Waals surface area contributed by atoms with Crippen molar-refractivity contribution in [3.8, 4) is 40.3 Å². The van der Waals surface area contributed by atoms with Crippen LogP contribution in [0.2, 0.25) is 0 Å². The molecule has 342 valence electrons. The zero-order chi connectivity index (χ0) is 47.0. The van der Waals surface area contributed by atoms with Gasteiger partial charge in [-0.05, 0) is 105 Å². The third kappa shape index (κ3) is 9.21. The SMILES string of the molecule is C#Cc1ccc(NC2=C(C=N)C(=O)N(CC3(O)CCN(C)CC3)CN2)c(-c2ccc(-c3ccc(C(=O)N4CCC(O)(Cn5cnc6c(cnn6-c6ccc(Br)cc6)c5=O)CC4)cc3)c(N)c2)c1. The summed E-state index contributed by atoms with van der Waals surface area (Å²) in [7, 11) is 2.01. The zero-order valence-corrected chi connectivity index (χ0v) is 38.5. The van der Waals surface area contributed by atoms with Crippen LogP contribution < -0.4 is 21.9 Å². The second kappa shape index (κ2) is 18.3. The fourth-order valence-electron chi connectivity index (χ4n) is 9.06. The Hall–Kier alpha value is -7.10. The van der Waals surface area contributed by atoms with Gasteiger partial charge in [0.15, 0.2) is 5.65 Å². The highest BCUT2D eigenvalue weighted by atomic mass is 79.9. The third-order valence-electron chi connectivity index (χ3n) is 13.1. The number of nitrogens with two attached hydrogens (primary N) is 1. The number of terminal acetylenes is 1. The van der Waals surface area contributed by atoms with Crippen LogP contribution >= 0.6 is 15.9 Å². The van der Waals surface area contributed by atoms with Crippen molar-refractivity contribution in [3.05, 3.63) is 135 Å². The van der Waals surface area contributed by atoms with Crippen LogP contribution in [-0.2, 0) is 11.3 Å². The van der Waals surface area contributed by atoms with Gasteiger partial charge in [-0.1, -0.05) is 46.1 Å². The van der Waals surface area contributed by atoms with E-state index in [1.807, 2.05) is 73.8 Å². The number of carbonyl (C=O) groups excluding carboxylic acids is 2. The van der Waals surface area contributed by atoms with Gasteiger partial charge >= 0.3 is 0 Å². The molecule has 0 unspecified atom stereocenters. The van der Waals surface area contributed by atoms with Crippen molar-refractivity contribution < 1.29 is 19.8 Å². The van der Waals surface area contributed by atoms with E-state index in [0.29, 0.717) is 65.3 Å². The quantitative estimate of drug-likeness (QED) is 0.0577. The van der Waals surface area contributed by atoms with E-state index >= 15 is 0 Å². The molecule has 2 saturated heterocycles. The van der Waals surface area contributed by atoms with Gasteiger partial charge in [-0.15, -0.1) is 6.42 Å². The number of β-amino-alcohol motifs (C(OH)–C–C–N with tert-alkyl or cyclic N) is 1. The van der Waals surface area contributed by atoms with Crippen molar-refractivity contribution in [3.63, 3.8) is 0 Å². The summed E-state index contributed by atoms with van der Waals surface area (Å²) in [4.78, 5) is 50.7. The minimum absolute atomic E-state index is 0.0361. The number of nitrogens with zero attached hydrogens (tertiary/aromatic N) is 7. The molecule has 0 aliphatic carbocycles. The molecule has 0 spiro atoms. The molecule has 0 atom stereocenters. The minimum atomic E-state index is -1.21. The Balaban J connectivity index is 0.854. The van der Waals surface area contributed by atoms with Crippen molar-refractivity contribution in [1.82, 2.24) is 39.3 Å². The maximum Gasteiger partial charge on any atom is 0.264 e. The van der Waals surface area contributed by atoms with Crippen LogP contribution in [0.4, 0.5) is 11.4 Å². The molecular formula is C50H50BrN11O5. The molecular weight excluding hydrogens is 915 g/mol. The Bertz CT molecular complexity index is 3030.